The van der Waals surface area contributed by atoms with E-state index < -0.39 is 5.97 Å². The number of carboxylic acids is 1. The molecule has 0 fully saturated rings. The van der Waals surface area contributed by atoms with Crippen molar-refractivity contribution in [2.75, 3.05) is 0 Å². The second kappa shape index (κ2) is 5.50. The molecule has 1 N–H and O–H groups in total. The average Bonchev–Trinajstić information content (AvgIpc) is 2.41. The van der Waals surface area contributed by atoms with Gasteiger partial charge in [0.05, 0.1) is 0 Å². The highest BCUT2D eigenvalue weighted by Crippen LogP contribution is 2.27. The Morgan fingerprint density at radius 2 is 2.16 bits per heavy atom. The van der Waals surface area contributed by atoms with Crippen LogP contribution in [0.1, 0.15) is 16.1 Å². The average molecular weight is 319 g/mol. The normalized spacial score (nSPS) is 9.68. The van der Waals surface area contributed by atoms with Crippen molar-refractivity contribution in [2.24, 2.45) is 0 Å². The molecular formula is C13H7BrN2O3. The number of halogens is 1. The molecule has 19 heavy (non-hydrogen) atoms. The van der Waals surface area contributed by atoms with E-state index in [4.69, 9.17) is 15.1 Å². The van der Waals surface area contributed by atoms with E-state index in [9.17, 15) is 4.79 Å². The minimum absolute atomic E-state index is 0.0125. The van der Waals surface area contributed by atoms with Crippen molar-refractivity contribution in [3.8, 4) is 17.7 Å². The number of benzene rings is 1. The molecule has 94 valence electrons. The van der Waals surface area contributed by atoms with Crippen molar-refractivity contribution < 1.29 is 14.6 Å². The molecule has 1 heterocycles. The number of ether oxygens (including phenoxy) is 1. The molecule has 0 aliphatic heterocycles. The maximum absolute atomic E-state index is 11.1. The Morgan fingerprint density at radius 3 is 2.84 bits per heavy atom. The molecule has 0 saturated carbocycles. The number of nitrogens with zero attached hydrogens (tertiary/aromatic N) is 2. The van der Waals surface area contributed by atoms with Gasteiger partial charge in [-0.1, -0.05) is 22.0 Å². The summed E-state index contributed by atoms with van der Waals surface area (Å²) in [6.07, 6.45) is 0. The number of hydrogen-bond donors (Lipinski definition) is 1. The van der Waals surface area contributed by atoms with Crippen molar-refractivity contribution in [3.63, 3.8) is 0 Å². The number of pyridine rings is 1. The molecule has 1 aromatic carbocycles. The zero-order chi connectivity index (χ0) is 13.8. The van der Waals surface area contributed by atoms with Crippen LogP contribution in [0, 0.1) is 11.3 Å². The molecule has 2 rings (SSSR count). The Balaban J connectivity index is 2.38. The van der Waals surface area contributed by atoms with Crippen molar-refractivity contribution in [3.05, 3.63) is 52.1 Å². The van der Waals surface area contributed by atoms with Crippen molar-refractivity contribution in [1.29, 1.82) is 5.26 Å². The topological polar surface area (TPSA) is 83.2 Å². The van der Waals surface area contributed by atoms with Gasteiger partial charge in [0.1, 0.15) is 23.1 Å². The summed E-state index contributed by atoms with van der Waals surface area (Å²) in [6.45, 7) is 0. The maximum atomic E-state index is 11.1. The van der Waals surface area contributed by atoms with E-state index in [0.717, 1.165) is 0 Å². The van der Waals surface area contributed by atoms with Gasteiger partial charge in [-0.05, 0) is 24.3 Å². The van der Waals surface area contributed by atoms with E-state index in [1.165, 1.54) is 18.2 Å². The zero-order valence-electron chi connectivity index (χ0n) is 9.50. The summed E-state index contributed by atoms with van der Waals surface area (Å²) >= 11 is 3.20. The van der Waals surface area contributed by atoms with Crippen LogP contribution in [0.15, 0.2) is 40.9 Å². The number of carboxylic acid groups (broad SMARTS) is 1. The van der Waals surface area contributed by atoms with Gasteiger partial charge >= 0.3 is 5.97 Å². The summed E-state index contributed by atoms with van der Waals surface area (Å²) in [5.74, 6) is -0.769. The van der Waals surface area contributed by atoms with Gasteiger partial charge in [0.2, 0.25) is 5.88 Å². The number of nitriles is 1. The molecule has 0 saturated heterocycles. The lowest BCUT2D eigenvalue weighted by molar-refractivity contribution is 0.0694. The monoisotopic (exact) mass is 318 g/mol. The van der Waals surface area contributed by atoms with Gasteiger partial charge in [-0.2, -0.15) is 5.26 Å². The molecule has 6 heteroatoms. The van der Waals surface area contributed by atoms with Gasteiger partial charge in [0.25, 0.3) is 0 Å². The fourth-order valence-electron chi connectivity index (χ4n) is 1.40. The first-order valence-corrected chi connectivity index (χ1v) is 5.97. The van der Waals surface area contributed by atoms with Gasteiger partial charge in [-0.25, -0.2) is 9.78 Å². The van der Waals surface area contributed by atoms with Crippen LogP contribution in [-0.4, -0.2) is 16.1 Å². The third-order valence-corrected chi connectivity index (χ3v) is 2.72. The minimum Gasteiger partial charge on any atom is -0.478 e. The first kappa shape index (κ1) is 13.1. The van der Waals surface area contributed by atoms with Crippen molar-refractivity contribution in [1.82, 2.24) is 4.98 Å². The van der Waals surface area contributed by atoms with Gasteiger partial charge < -0.3 is 9.84 Å². The van der Waals surface area contributed by atoms with Crippen LogP contribution in [-0.2, 0) is 0 Å². The molecule has 0 aliphatic rings. The fraction of sp³-hybridized carbons (Fsp3) is 0. The van der Waals surface area contributed by atoms with Gasteiger partial charge in [-0.15, -0.1) is 0 Å². The van der Waals surface area contributed by atoms with Crippen LogP contribution in [0.5, 0.6) is 11.6 Å². The first-order chi connectivity index (χ1) is 9.10. The molecule has 0 amide bonds. The van der Waals surface area contributed by atoms with Crippen molar-refractivity contribution >= 4 is 21.9 Å². The van der Waals surface area contributed by atoms with Crippen LogP contribution >= 0.6 is 15.9 Å². The van der Waals surface area contributed by atoms with Crippen LogP contribution in [0.25, 0.3) is 0 Å². The summed E-state index contributed by atoms with van der Waals surface area (Å²) in [4.78, 5) is 15.0. The Morgan fingerprint density at radius 1 is 1.37 bits per heavy atom. The highest BCUT2D eigenvalue weighted by Gasteiger charge is 2.13. The Bertz CT molecular complexity index is 680. The Hall–Kier alpha value is -2.39. The SMILES string of the molecule is N#Cc1cccc(Oc2ccc(Br)cc2C(=O)O)n1. The Labute approximate surface area is 117 Å². The highest BCUT2D eigenvalue weighted by atomic mass is 79.9. The van der Waals surface area contributed by atoms with Crippen LogP contribution in [0.3, 0.4) is 0 Å². The lowest BCUT2D eigenvalue weighted by Gasteiger charge is -2.08. The van der Waals surface area contributed by atoms with Gasteiger partial charge in [0.15, 0.2) is 0 Å². The maximum Gasteiger partial charge on any atom is 0.339 e. The van der Waals surface area contributed by atoms with E-state index in [1.54, 1.807) is 18.2 Å². The molecule has 0 bridgehead atoms. The first-order valence-electron chi connectivity index (χ1n) is 5.18. The predicted octanol–water partition coefficient (Wildman–Crippen LogP) is 3.21. The standard InChI is InChI=1S/C13H7BrN2O3/c14-8-4-5-11(10(6-8)13(17)18)19-12-3-1-2-9(7-15)16-12/h1-6H,(H,17,18). The largest absolute Gasteiger partial charge is 0.478 e. The van der Waals surface area contributed by atoms with Gasteiger partial charge in [0, 0.05) is 10.5 Å². The van der Waals surface area contributed by atoms with Gasteiger partial charge in [-0.3, -0.25) is 0 Å². The third kappa shape index (κ3) is 3.09. The molecule has 5 nitrogen and oxygen atoms in total. The van der Waals surface area contributed by atoms with E-state index in [0.29, 0.717) is 4.47 Å². The minimum atomic E-state index is -1.10. The second-order valence-electron chi connectivity index (χ2n) is 3.52. The summed E-state index contributed by atoms with van der Waals surface area (Å²) < 4.78 is 6.04. The molecule has 0 atom stereocenters. The second-order valence-corrected chi connectivity index (χ2v) is 4.44. The van der Waals surface area contributed by atoms with E-state index in [-0.39, 0.29) is 22.9 Å². The smallest absolute Gasteiger partial charge is 0.339 e. The quantitative estimate of drug-likeness (QED) is 0.939. The molecule has 0 unspecified atom stereocenters. The number of carbonyl (C=O) groups is 1. The highest BCUT2D eigenvalue weighted by molar-refractivity contribution is 9.10. The molecular weight excluding hydrogens is 312 g/mol. The number of aromatic carboxylic acids is 1. The molecule has 0 spiro atoms. The van der Waals surface area contributed by atoms with E-state index >= 15 is 0 Å². The molecule has 1 aromatic heterocycles. The van der Waals surface area contributed by atoms with E-state index in [1.807, 2.05) is 6.07 Å². The molecule has 0 aliphatic carbocycles. The zero-order valence-corrected chi connectivity index (χ0v) is 11.1. The lowest BCUT2D eigenvalue weighted by Crippen LogP contribution is -2.01. The van der Waals surface area contributed by atoms with E-state index in [2.05, 4.69) is 20.9 Å². The number of aromatic nitrogens is 1. The molecule has 2 aromatic rings. The number of rotatable bonds is 3. The summed E-state index contributed by atoms with van der Waals surface area (Å²) in [6, 6.07) is 11.2. The molecule has 0 radical (unpaired) electrons. The lowest BCUT2D eigenvalue weighted by atomic mass is 10.2. The summed E-state index contributed by atoms with van der Waals surface area (Å²) in [5, 5.41) is 17.8. The van der Waals surface area contributed by atoms with Crippen LogP contribution in [0.2, 0.25) is 0 Å². The predicted molar refractivity (Wildman–Crippen MR) is 70.1 cm³/mol. The van der Waals surface area contributed by atoms with Crippen LogP contribution in [0.4, 0.5) is 0 Å². The summed E-state index contributed by atoms with van der Waals surface area (Å²) in [7, 11) is 0. The number of hydrogen-bond acceptors (Lipinski definition) is 4. The fourth-order valence-corrected chi connectivity index (χ4v) is 1.77. The van der Waals surface area contributed by atoms with Crippen LogP contribution < -0.4 is 4.74 Å². The van der Waals surface area contributed by atoms with Crippen molar-refractivity contribution in [2.45, 2.75) is 0 Å². The third-order valence-electron chi connectivity index (χ3n) is 2.22. The summed E-state index contributed by atoms with van der Waals surface area (Å²) in [5.41, 5.74) is 0.213. The Kier molecular flexibility index (Phi) is 3.78.